The zero-order chi connectivity index (χ0) is 13.1. The Balaban J connectivity index is 2.41. The summed E-state index contributed by atoms with van der Waals surface area (Å²) >= 11 is 0. The van der Waals surface area contributed by atoms with Crippen molar-refractivity contribution < 1.29 is 0 Å². The normalized spacial score (nSPS) is 14.2. The lowest BCUT2D eigenvalue weighted by Crippen LogP contribution is -2.15. The molecule has 1 heterocycles. The van der Waals surface area contributed by atoms with Crippen LogP contribution in [-0.4, -0.2) is 11.5 Å². The molecule has 3 heteroatoms. The fourth-order valence-electron chi connectivity index (χ4n) is 2.56. The number of anilines is 1. The molecular weight excluding hydrogens is 222 g/mol. The second-order valence-electron chi connectivity index (χ2n) is 5.47. The van der Waals surface area contributed by atoms with Gasteiger partial charge in [-0.3, -0.25) is 0 Å². The molecule has 96 valence electrons. The lowest BCUT2D eigenvalue weighted by Gasteiger charge is -2.21. The van der Waals surface area contributed by atoms with Gasteiger partial charge in [-0.05, 0) is 49.7 Å². The monoisotopic (exact) mass is 243 g/mol. The summed E-state index contributed by atoms with van der Waals surface area (Å²) in [5, 5.41) is 12.7. The minimum absolute atomic E-state index is 0.551. The number of nitriles is 1. The van der Waals surface area contributed by atoms with E-state index in [0.717, 1.165) is 36.5 Å². The van der Waals surface area contributed by atoms with Crippen molar-refractivity contribution in [1.29, 1.82) is 5.26 Å². The molecule has 0 aromatic carbocycles. The number of hydrogen-bond acceptors (Lipinski definition) is 3. The fourth-order valence-corrected chi connectivity index (χ4v) is 2.56. The maximum Gasteiger partial charge on any atom is 0.144 e. The number of nitrogens with zero attached hydrogens (tertiary/aromatic N) is 2. The first kappa shape index (κ1) is 12.9. The lowest BCUT2D eigenvalue weighted by atomic mass is 9.88. The molecule has 18 heavy (non-hydrogen) atoms. The summed E-state index contributed by atoms with van der Waals surface area (Å²) in [6.45, 7) is 7.24. The average Bonchev–Trinajstić information content (AvgIpc) is 2.36. The fraction of sp³-hybridized carbons (Fsp3) is 0.600. The van der Waals surface area contributed by atoms with Crippen molar-refractivity contribution in [2.75, 3.05) is 11.9 Å². The molecule has 0 saturated heterocycles. The molecule has 1 N–H and O–H groups in total. The highest BCUT2D eigenvalue weighted by Gasteiger charge is 2.20. The van der Waals surface area contributed by atoms with E-state index in [2.05, 4.69) is 37.1 Å². The van der Waals surface area contributed by atoms with Crippen LogP contribution in [0, 0.1) is 24.2 Å². The van der Waals surface area contributed by atoms with E-state index in [4.69, 9.17) is 0 Å². The minimum atomic E-state index is 0.551. The molecule has 0 spiro atoms. The molecule has 0 saturated carbocycles. The van der Waals surface area contributed by atoms with Gasteiger partial charge in [-0.25, -0.2) is 4.98 Å². The summed E-state index contributed by atoms with van der Waals surface area (Å²) in [7, 11) is 0. The lowest BCUT2D eigenvalue weighted by molar-refractivity contribution is 0.670. The number of rotatable bonds is 3. The van der Waals surface area contributed by atoms with Gasteiger partial charge in [0.25, 0.3) is 0 Å². The molecule has 0 atom stereocenters. The summed E-state index contributed by atoms with van der Waals surface area (Å²) in [4.78, 5) is 4.60. The van der Waals surface area contributed by atoms with Gasteiger partial charge in [-0.15, -0.1) is 0 Å². The Kier molecular flexibility index (Phi) is 3.86. The Labute approximate surface area is 109 Å². The van der Waals surface area contributed by atoms with Crippen LogP contribution in [0.4, 0.5) is 5.82 Å². The van der Waals surface area contributed by atoms with Crippen LogP contribution < -0.4 is 5.32 Å². The van der Waals surface area contributed by atoms with Crippen molar-refractivity contribution >= 4 is 5.82 Å². The number of hydrogen-bond donors (Lipinski definition) is 1. The van der Waals surface area contributed by atoms with Gasteiger partial charge in [-0.2, -0.15) is 5.26 Å². The third-order valence-corrected chi connectivity index (χ3v) is 3.51. The van der Waals surface area contributed by atoms with E-state index in [9.17, 15) is 5.26 Å². The zero-order valence-corrected chi connectivity index (χ0v) is 11.5. The average molecular weight is 243 g/mol. The minimum Gasteiger partial charge on any atom is -0.369 e. The molecule has 0 amide bonds. The smallest absolute Gasteiger partial charge is 0.144 e. The van der Waals surface area contributed by atoms with Gasteiger partial charge in [-0.1, -0.05) is 13.8 Å². The van der Waals surface area contributed by atoms with Gasteiger partial charge in [0.2, 0.25) is 0 Å². The molecule has 1 aliphatic rings. The van der Waals surface area contributed by atoms with Crippen molar-refractivity contribution in [2.24, 2.45) is 5.92 Å². The molecule has 0 unspecified atom stereocenters. The standard InChI is InChI=1S/C15H21N3/c1-10(2)9-17-15-14(8-16)13-7-5-4-6-12(13)11(3)18-15/h10H,4-7,9H2,1-3H3,(H,17,18). The van der Waals surface area contributed by atoms with Gasteiger partial charge >= 0.3 is 0 Å². The van der Waals surface area contributed by atoms with Crippen molar-refractivity contribution in [1.82, 2.24) is 4.98 Å². The van der Waals surface area contributed by atoms with Crippen LogP contribution in [-0.2, 0) is 12.8 Å². The molecular formula is C15H21N3. The zero-order valence-electron chi connectivity index (χ0n) is 11.5. The quantitative estimate of drug-likeness (QED) is 0.886. The second kappa shape index (κ2) is 5.39. The predicted octanol–water partition coefficient (Wildman–Crippen LogP) is 3.21. The Bertz CT molecular complexity index is 483. The Morgan fingerprint density at radius 1 is 1.28 bits per heavy atom. The van der Waals surface area contributed by atoms with Gasteiger partial charge in [0.1, 0.15) is 11.9 Å². The van der Waals surface area contributed by atoms with Crippen LogP contribution in [0.1, 0.15) is 49.1 Å². The van der Waals surface area contributed by atoms with E-state index in [1.54, 1.807) is 0 Å². The number of fused-ring (bicyclic) bond motifs is 1. The Morgan fingerprint density at radius 2 is 1.94 bits per heavy atom. The molecule has 1 aromatic rings. The number of pyridine rings is 1. The van der Waals surface area contributed by atoms with Gasteiger partial charge in [0, 0.05) is 12.2 Å². The summed E-state index contributed by atoms with van der Waals surface area (Å²) in [5.74, 6) is 1.33. The highest BCUT2D eigenvalue weighted by atomic mass is 15.0. The van der Waals surface area contributed by atoms with Crippen molar-refractivity contribution in [2.45, 2.75) is 46.5 Å². The SMILES string of the molecule is Cc1nc(NCC(C)C)c(C#N)c2c1CCCC2. The third-order valence-electron chi connectivity index (χ3n) is 3.51. The number of aromatic nitrogens is 1. The van der Waals surface area contributed by atoms with Crippen LogP contribution in [0.2, 0.25) is 0 Å². The van der Waals surface area contributed by atoms with Crippen LogP contribution in [0.5, 0.6) is 0 Å². The van der Waals surface area contributed by atoms with Crippen LogP contribution in [0.3, 0.4) is 0 Å². The summed E-state index contributed by atoms with van der Waals surface area (Å²) < 4.78 is 0. The Morgan fingerprint density at radius 3 is 2.56 bits per heavy atom. The molecule has 1 aromatic heterocycles. The van der Waals surface area contributed by atoms with E-state index >= 15 is 0 Å². The van der Waals surface area contributed by atoms with Gasteiger partial charge in [0.15, 0.2) is 0 Å². The molecule has 0 radical (unpaired) electrons. The highest BCUT2D eigenvalue weighted by Crippen LogP contribution is 2.30. The van der Waals surface area contributed by atoms with E-state index in [1.807, 2.05) is 0 Å². The first-order chi connectivity index (χ1) is 8.63. The maximum absolute atomic E-state index is 9.40. The second-order valence-corrected chi connectivity index (χ2v) is 5.47. The summed E-state index contributed by atoms with van der Waals surface area (Å²) in [5.41, 5.74) is 4.42. The number of nitrogens with one attached hydrogen (secondary N) is 1. The predicted molar refractivity (Wildman–Crippen MR) is 73.7 cm³/mol. The van der Waals surface area contributed by atoms with E-state index < -0.39 is 0 Å². The van der Waals surface area contributed by atoms with E-state index in [0.29, 0.717) is 5.92 Å². The first-order valence-electron chi connectivity index (χ1n) is 6.79. The maximum atomic E-state index is 9.40. The van der Waals surface area contributed by atoms with Crippen LogP contribution in [0.15, 0.2) is 0 Å². The largest absolute Gasteiger partial charge is 0.369 e. The Hall–Kier alpha value is -1.56. The molecule has 3 nitrogen and oxygen atoms in total. The van der Waals surface area contributed by atoms with Crippen molar-refractivity contribution in [3.8, 4) is 6.07 Å². The summed E-state index contributed by atoms with van der Waals surface area (Å²) in [6.07, 6.45) is 4.51. The summed E-state index contributed by atoms with van der Waals surface area (Å²) in [6, 6.07) is 2.35. The molecule has 0 fully saturated rings. The highest BCUT2D eigenvalue weighted by molar-refractivity contribution is 5.60. The van der Waals surface area contributed by atoms with E-state index in [-0.39, 0.29) is 0 Å². The third kappa shape index (κ3) is 2.48. The molecule has 1 aliphatic carbocycles. The molecule has 0 bridgehead atoms. The molecule has 0 aliphatic heterocycles. The van der Waals surface area contributed by atoms with Gasteiger partial charge < -0.3 is 5.32 Å². The first-order valence-corrected chi connectivity index (χ1v) is 6.79. The van der Waals surface area contributed by atoms with Gasteiger partial charge in [0.05, 0.1) is 5.56 Å². The topological polar surface area (TPSA) is 48.7 Å². The van der Waals surface area contributed by atoms with Crippen molar-refractivity contribution in [3.63, 3.8) is 0 Å². The van der Waals surface area contributed by atoms with E-state index in [1.165, 1.54) is 24.0 Å². The van der Waals surface area contributed by atoms with Crippen molar-refractivity contribution in [3.05, 3.63) is 22.4 Å². The number of aryl methyl sites for hydroxylation is 1. The van der Waals surface area contributed by atoms with Crippen LogP contribution >= 0.6 is 0 Å². The van der Waals surface area contributed by atoms with Crippen LogP contribution in [0.25, 0.3) is 0 Å². The molecule has 2 rings (SSSR count).